The highest BCUT2D eigenvalue weighted by molar-refractivity contribution is 5.74. The summed E-state index contributed by atoms with van der Waals surface area (Å²) in [6, 6.07) is 0. The van der Waals surface area contributed by atoms with Gasteiger partial charge >= 0.3 is 17.9 Å². The Morgan fingerprint density at radius 1 is 0.299 bits per heavy atom. The first-order chi connectivity index (χ1) is 31.3. The van der Waals surface area contributed by atoms with Crippen LogP contribution >= 0.6 is 0 Å². The van der Waals surface area contributed by atoms with Crippen LogP contribution in [0.1, 0.15) is 20.8 Å². The van der Waals surface area contributed by atoms with Crippen LogP contribution in [-0.2, 0) is 66.5 Å². The van der Waals surface area contributed by atoms with Gasteiger partial charge in [0.25, 0.3) is 0 Å². The van der Waals surface area contributed by atoms with E-state index in [9.17, 15) is 101 Å². The van der Waals surface area contributed by atoms with Crippen molar-refractivity contribution in [3.8, 4) is 0 Å². The van der Waals surface area contributed by atoms with Crippen molar-refractivity contribution in [2.45, 2.75) is 205 Å². The molecular formula is C36H56O31. The second-order valence-corrected chi connectivity index (χ2v) is 16.8. The van der Waals surface area contributed by atoms with E-state index in [-0.39, 0.29) is 0 Å². The molecule has 0 aromatic carbocycles. The molecule has 30 atom stereocenters. The lowest BCUT2D eigenvalue weighted by Crippen LogP contribution is -2.68. The summed E-state index contributed by atoms with van der Waals surface area (Å²) in [5.74, 6) is -5.67. The lowest BCUT2D eigenvalue weighted by Gasteiger charge is -2.49. The molecule has 6 aliphatic heterocycles. The molecule has 0 aromatic heterocycles. The van der Waals surface area contributed by atoms with E-state index in [4.69, 9.17) is 52.1 Å². The molecule has 6 rings (SSSR count). The molecule has 30 unspecified atom stereocenters. The number of aliphatic carboxylic acids is 3. The van der Waals surface area contributed by atoms with E-state index in [0.717, 1.165) is 0 Å². The molecule has 0 aromatic rings. The molecule has 0 bridgehead atoms. The third-order valence-electron chi connectivity index (χ3n) is 12.2. The molecule has 386 valence electrons. The Morgan fingerprint density at radius 2 is 0.582 bits per heavy atom. The van der Waals surface area contributed by atoms with E-state index in [1.54, 1.807) is 0 Å². The van der Waals surface area contributed by atoms with Crippen molar-refractivity contribution in [1.29, 1.82) is 0 Å². The molecule has 0 saturated carbocycles. The van der Waals surface area contributed by atoms with Gasteiger partial charge < -0.3 is 139 Å². The topological polar surface area (TPSA) is 497 Å². The number of carbonyl (C=O) groups is 3. The molecule has 17 N–H and O–H groups in total. The van der Waals surface area contributed by atoms with Gasteiger partial charge in [-0.15, -0.1) is 0 Å². The van der Waals surface area contributed by atoms with Crippen LogP contribution in [0.25, 0.3) is 0 Å². The fourth-order valence-corrected chi connectivity index (χ4v) is 8.22. The molecule has 6 fully saturated rings. The maximum atomic E-state index is 12.7. The quantitative estimate of drug-likeness (QED) is 0.0815. The highest BCUT2D eigenvalue weighted by atomic mass is 16.8. The summed E-state index contributed by atoms with van der Waals surface area (Å²) in [5, 5.41) is 180. The number of aliphatic hydroxyl groups excluding tert-OH is 14. The van der Waals surface area contributed by atoms with E-state index < -0.39 is 202 Å². The van der Waals surface area contributed by atoms with Crippen molar-refractivity contribution in [2.75, 3.05) is 0 Å². The number of hydrogen-bond acceptors (Lipinski definition) is 28. The summed E-state index contributed by atoms with van der Waals surface area (Å²) in [7, 11) is 0. The molecule has 0 aliphatic carbocycles. The largest absolute Gasteiger partial charge is 0.479 e. The highest BCUT2D eigenvalue weighted by Crippen LogP contribution is 2.37. The van der Waals surface area contributed by atoms with Crippen LogP contribution in [0.4, 0.5) is 0 Å². The Balaban J connectivity index is 1.20. The maximum absolute atomic E-state index is 12.7. The first-order valence-corrected chi connectivity index (χ1v) is 20.7. The Morgan fingerprint density at radius 3 is 0.955 bits per heavy atom. The van der Waals surface area contributed by atoms with E-state index in [1.165, 1.54) is 20.8 Å². The van der Waals surface area contributed by atoms with Crippen molar-refractivity contribution < 1.29 is 153 Å². The van der Waals surface area contributed by atoms with Crippen molar-refractivity contribution in [3.05, 3.63) is 0 Å². The van der Waals surface area contributed by atoms with Crippen LogP contribution in [0.3, 0.4) is 0 Å². The van der Waals surface area contributed by atoms with Gasteiger partial charge in [-0.05, 0) is 20.8 Å². The minimum absolute atomic E-state index is 1.10. The predicted octanol–water partition coefficient (Wildman–Crippen LogP) is -10.7. The van der Waals surface area contributed by atoms with Gasteiger partial charge in [-0.2, -0.15) is 0 Å². The molecule has 0 spiro atoms. The van der Waals surface area contributed by atoms with E-state index in [0.29, 0.717) is 0 Å². The fourth-order valence-electron chi connectivity index (χ4n) is 8.22. The third-order valence-corrected chi connectivity index (χ3v) is 12.2. The van der Waals surface area contributed by atoms with Crippen molar-refractivity contribution >= 4 is 17.9 Å². The summed E-state index contributed by atoms with van der Waals surface area (Å²) < 4.78 is 59.9. The Labute approximate surface area is 376 Å². The first-order valence-electron chi connectivity index (χ1n) is 20.7. The van der Waals surface area contributed by atoms with Crippen LogP contribution in [0.2, 0.25) is 0 Å². The van der Waals surface area contributed by atoms with E-state index in [1.807, 2.05) is 0 Å². The number of rotatable bonds is 13. The zero-order valence-corrected chi connectivity index (χ0v) is 35.1. The SMILES string of the molecule is CC1OC(O)C(OC2OC(C(=O)O)C(OC3OC(C)C(O)C(O)C3OC3OC(C(=O)O)C(OC4OC(C)C(O)C(O)C4OC4OC(C(=O)O)C(O)C(O)C4O)C(O)C3O)C(O)C2O)C(O)C1O. The van der Waals surface area contributed by atoms with Crippen LogP contribution in [-0.4, -0.2) is 289 Å². The Bertz CT molecular complexity index is 1700. The van der Waals surface area contributed by atoms with E-state index >= 15 is 0 Å². The van der Waals surface area contributed by atoms with Gasteiger partial charge in [0.1, 0.15) is 110 Å². The molecule has 0 radical (unpaired) electrons. The highest BCUT2D eigenvalue weighted by Gasteiger charge is 2.59. The number of ether oxygens (including phenoxy) is 11. The molecule has 6 aliphatic rings. The molecular weight excluding hydrogens is 928 g/mol. The summed E-state index contributed by atoms with van der Waals surface area (Å²) in [6.07, 6.45) is -62.0. The van der Waals surface area contributed by atoms with Gasteiger partial charge in [-0.3, -0.25) is 0 Å². The van der Waals surface area contributed by atoms with Crippen molar-refractivity contribution in [3.63, 3.8) is 0 Å². The third kappa shape index (κ3) is 10.7. The lowest BCUT2D eigenvalue weighted by molar-refractivity contribution is -0.399. The smallest absolute Gasteiger partial charge is 0.335 e. The van der Waals surface area contributed by atoms with E-state index in [2.05, 4.69) is 0 Å². The molecule has 0 amide bonds. The molecule has 6 saturated heterocycles. The van der Waals surface area contributed by atoms with Crippen molar-refractivity contribution in [1.82, 2.24) is 0 Å². The zero-order chi connectivity index (χ0) is 49.8. The predicted molar refractivity (Wildman–Crippen MR) is 197 cm³/mol. The number of carboxylic acids is 3. The Hall–Kier alpha value is -2.59. The van der Waals surface area contributed by atoms with Gasteiger partial charge in [-0.1, -0.05) is 0 Å². The lowest BCUT2D eigenvalue weighted by atomic mass is 9.95. The van der Waals surface area contributed by atoms with Gasteiger partial charge in [0.05, 0.1) is 18.3 Å². The van der Waals surface area contributed by atoms with Crippen LogP contribution < -0.4 is 0 Å². The standard InChI is InChI=1S/C36H56O31/c1-4-7(37)11(41)23(31(56)57-4)63-33-18(48)15(45)20(26(66-33)29(52)53)60-36-25(13(43)9(39)6(3)59-36)65-34-19(49)16(46)21(27(67-34)30(54)55)61-35-24(12(42)8(38)5(2)58-35)64-32-17(47)10(40)14(44)22(62-32)28(50)51/h4-27,31-49,56H,1-3H3,(H,50,51)(H,52,53)(H,54,55). The average molecular weight is 985 g/mol. The minimum Gasteiger partial charge on any atom is -0.479 e. The van der Waals surface area contributed by atoms with Gasteiger partial charge in [0.2, 0.25) is 0 Å². The Kier molecular flexibility index (Phi) is 17.2. The van der Waals surface area contributed by atoms with Gasteiger partial charge in [0.15, 0.2) is 56.1 Å². The average Bonchev–Trinajstić information content (AvgIpc) is 3.26. The molecule has 31 heteroatoms. The van der Waals surface area contributed by atoms with Gasteiger partial charge in [-0.25, -0.2) is 14.4 Å². The van der Waals surface area contributed by atoms with Gasteiger partial charge in [0, 0.05) is 0 Å². The summed E-state index contributed by atoms with van der Waals surface area (Å²) in [6.45, 7) is 3.69. The zero-order valence-electron chi connectivity index (χ0n) is 35.1. The summed E-state index contributed by atoms with van der Waals surface area (Å²) in [5.41, 5.74) is 0. The number of aliphatic hydroxyl groups is 14. The molecule has 67 heavy (non-hydrogen) atoms. The summed E-state index contributed by atoms with van der Waals surface area (Å²) in [4.78, 5) is 36.8. The minimum atomic E-state index is -2.44. The first kappa shape index (κ1) is 53.8. The second-order valence-electron chi connectivity index (χ2n) is 16.8. The van der Waals surface area contributed by atoms with Crippen LogP contribution in [0, 0.1) is 0 Å². The molecule has 31 nitrogen and oxygen atoms in total. The number of hydrogen-bond donors (Lipinski definition) is 17. The molecule has 6 heterocycles. The summed E-state index contributed by atoms with van der Waals surface area (Å²) >= 11 is 0. The van der Waals surface area contributed by atoms with Crippen LogP contribution in [0.15, 0.2) is 0 Å². The number of carboxylic acid groups (broad SMARTS) is 3. The van der Waals surface area contributed by atoms with Crippen LogP contribution in [0.5, 0.6) is 0 Å². The maximum Gasteiger partial charge on any atom is 0.335 e. The normalized spacial score (nSPS) is 53.1. The fraction of sp³-hybridized carbons (Fsp3) is 0.917. The second kappa shape index (κ2) is 21.4. The van der Waals surface area contributed by atoms with Crippen molar-refractivity contribution in [2.24, 2.45) is 0 Å². The monoisotopic (exact) mass is 984 g/mol.